The first kappa shape index (κ1) is 7.99. The van der Waals surface area contributed by atoms with E-state index in [4.69, 9.17) is 11.6 Å². The predicted molar refractivity (Wildman–Crippen MR) is 48.4 cm³/mol. The molecular formula is C9H11ClN2. The third-order valence-electron chi connectivity index (χ3n) is 2.37. The van der Waals surface area contributed by atoms with Crippen molar-refractivity contribution in [1.29, 1.82) is 0 Å². The quantitative estimate of drug-likeness (QED) is 0.617. The largest absolute Gasteiger partial charge is 0.256 e. The van der Waals surface area contributed by atoms with Gasteiger partial charge in [-0.15, -0.1) is 0 Å². The van der Waals surface area contributed by atoms with Gasteiger partial charge in [-0.3, -0.25) is 4.98 Å². The average Bonchev–Trinajstić information content (AvgIpc) is 2.07. The van der Waals surface area contributed by atoms with Crippen molar-refractivity contribution in [2.75, 3.05) is 0 Å². The summed E-state index contributed by atoms with van der Waals surface area (Å²) in [4.78, 5) is 8.57. The summed E-state index contributed by atoms with van der Waals surface area (Å²) in [6.07, 6.45) is 5.13. The van der Waals surface area contributed by atoms with Crippen LogP contribution in [0.4, 0.5) is 0 Å². The minimum absolute atomic E-state index is 0.516. The lowest BCUT2D eigenvalue weighted by atomic mass is 9.91. The number of rotatable bonds is 0. The Balaban J connectivity index is 2.47. The van der Waals surface area contributed by atoms with Crippen molar-refractivity contribution >= 4 is 11.6 Å². The highest BCUT2D eigenvalue weighted by Gasteiger charge is 2.18. The molecule has 0 saturated carbocycles. The second kappa shape index (κ2) is 3.02. The van der Waals surface area contributed by atoms with Crippen LogP contribution >= 0.6 is 11.6 Å². The summed E-state index contributed by atoms with van der Waals surface area (Å²) in [7, 11) is 0. The lowest BCUT2D eigenvalue weighted by Gasteiger charge is -2.19. The van der Waals surface area contributed by atoms with Gasteiger partial charge < -0.3 is 0 Å². The van der Waals surface area contributed by atoms with E-state index >= 15 is 0 Å². The first-order valence-corrected chi connectivity index (χ1v) is 4.66. The Labute approximate surface area is 77.0 Å². The van der Waals surface area contributed by atoms with Gasteiger partial charge in [0.25, 0.3) is 0 Å². The van der Waals surface area contributed by atoms with E-state index in [1.54, 1.807) is 6.20 Å². The van der Waals surface area contributed by atoms with E-state index < -0.39 is 0 Å². The van der Waals surface area contributed by atoms with E-state index in [1.165, 1.54) is 12.8 Å². The van der Waals surface area contributed by atoms with Crippen LogP contribution in [-0.2, 0) is 6.42 Å². The molecule has 1 unspecified atom stereocenters. The normalized spacial score (nSPS) is 22.0. The van der Waals surface area contributed by atoms with Crippen LogP contribution in [0.5, 0.6) is 0 Å². The first-order valence-electron chi connectivity index (χ1n) is 4.28. The van der Waals surface area contributed by atoms with Crippen molar-refractivity contribution < 1.29 is 0 Å². The number of nitrogens with zero attached hydrogens (tertiary/aromatic N) is 2. The molecule has 1 aromatic rings. The summed E-state index contributed by atoms with van der Waals surface area (Å²) in [5, 5.41) is 0.516. The Morgan fingerprint density at radius 1 is 1.58 bits per heavy atom. The lowest BCUT2D eigenvalue weighted by Crippen LogP contribution is -2.11. The van der Waals surface area contributed by atoms with Gasteiger partial charge in [-0.05, 0) is 19.3 Å². The predicted octanol–water partition coefficient (Wildman–Crippen LogP) is 2.57. The van der Waals surface area contributed by atoms with Gasteiger partial charge in [0.2, 0.25) is 0 Å². The maximum atomic E-state index is 5.77. The van der Waals surface area contributed by atoms with E-state index in [0.717, 1.165) is 17.8 Å². The Hall–Kier alpha value is -0.630. The van der Waals surface area contributed by atoms with Crippen LogP contribution in [0.2, 0.25) is 5.15 Å². The monoisotopic (exact) mass is 182 g/mol. The molecule has 0 N–H and O–H groups in total. The Bertz CT molecular complexity index is 299. The summed E-state index contributed by atoms with van der Waals surface area (Å²) in [5.41, 5.74) is 2.24. The number of halogens is 1. The zero-order valence-corrected chi connectivity index (χ0v) is 7.80. The third-order valence-corrected chi connectivity index (χ3v) is 2.55. The number of hydrogen-bond acceptors (Lipinski definition) is 2. The van der Waals surface area contributed by atoms with E-state index in [-0.39, 0.29) is 0 Å². The van der Waals surface area contributed by atoms with Crippen LogP contribution < -0.4 is 0 Å². The highest BCUT2D eigenvalue weighted by atomic mass is 35.5. The van der Waals surface area contributed by atoms with Gasteiger partial charge in [-0.1, -0.05) is 18.5 Å². The second-order valence-electron chi connectivity index (χ2n) is 3.32. The van der Waals surface area contributed by atoms with E-state index in [1.807, 2.05) is 0 Å². The molecule has 0 saturated heterocycles. The van der Waals surface area contributed by atoms with Crippen molar-refractivity contribution in [3.63, 3.8) is 0 Å². The maximum absolute atomic E-state index is 5.77. The Kier molecular flexibility index (Phi) is 2.01. The summed E-state index contributed by atoms with van der Waals surface area (Å²) < 4.78 is 0. The number of hydrogen-bond donors (Lipinski definition) is 0. The Morgan fingerprint density at radius 3 is 3.25 bits per heavy atom. The zero-order chi connectivity index (χ0) is 8.55. The molecule has 2 nitrogen and oxygen atoms in total. The van der Waals surface area contributed by atoms with Gasteiger partial charge in [0.1, 0.15) is 5.15 Å². The van der Waals surface area contributed by atoms with Crippen molar-refractivity contribution in [1.82, 2.24) is 9.97 Å². The fourth-order valence-electron chi connectivity index (χ4n) is 1.71. The average molecular weight is 183 g/mol. The molecule has 1 aromatic heterocycles. The van der Waals surface area contributed by atoms with Crippen LogP contribution in [0, 0.1) is 0 Å². The minimum Gasteiger partial charge on any atom is -0.256 e. The smallest absolute Gasteiger partial charge is 0.147 e. The summed E-state index contributed by atoms with van der Waals surface area (Å²) in [6, 6.07) is 0. The molecule has 0 aliphatic heterocycles. The molecule has 0 aromatic carbocycles. The van der Waals surface area contributed by atoms with E-state index in [2.05, 4.69) is 16.9 Å². The molecule has 0 fully saturated rings. The van der Waals surface area contributed by atoms with E-state index in [9.17, 15) is 0 Å². The fraction of sp³-hybridized carbons (Fsp3) is 0.556. The van der Waals surface area contributed by atoms with Crippen LogP contribution in [0.15, 0.2) is 6.20 Å². The van der Waals surface area contributed by atoms with Gasteiger partial charge in [-0.25, -0.2) is 4.98 Å². The number of aromatic nitrogens is 2. The standard InChI is InChI=1S/C9H11ClN2/c1-6-3-2-4-7-9(6)12-8(10)5-11-7/h5-6H,2-4H2,1H3. The first-order chi connectivity index (χ1) is 5.77. The second-order valence-corrected chi connectivity index (χ2v) is 3.71. The van der Waals surface area contributed by atoms with Gasteiger partial charge in [-0.2, -0.15) is 0 Å². The molecule has 12 heavy (non-hydrogen) atoms. The van der Waals surface area contributed by atoms with Crippen LogP contribution in [0.3, 0.4) is 0 Å². The van der Waals surface area contributed by atoms with Gasteiger partial charge in [0.15, 0.2) is 0 Å². The highest BCUT2D eigenvalue weighted by Crippen LogP contribution is 2.28. The van der Waals surface area contributed by atoms with Crippen molar-refractivity contribution in [3.05, 3.63) is 22.7 Å². The molecule has 64 valence electrons. The van der Waals surface area contributed by atoms with Gasteiger partial charge in [0.05, 0.1) is 17.6 Å². The minimum atomic E-state index is 0.516. The molecule has 0 spiro atoms. The molecule has 1 heterocycles. The van der Waals surface area contributed by atoms with Crippen molar-refractivity contribution in [2.24, 2.45) is 0 Å². The van der Waals surface area contributed by atoms with Gasteiger partial charge >= 0.3 is 0 Å². The third kappa shape index (κ3) is 1.31. The van der Waals surface area contributed by atoms with Crippen LogP contribution in [0.25, 0.3) is 0 Å². The molecule has 1 aliphatic carbocycles. The van der Waals surface area contributed by atoms with Crippen LogP contribution in [-0.4, -0.2) is 9.97 Å². The SMILES string of the molecule is CC1CCCc2ncc(Cl)nc21. The molecule has 0 bridgehead atoms. The summed E-state index contributed by atoms with van der Waals surface area (Å²) in [5.74, 6) is 0.528. The topological polar surface area (TPSA) is 25.8 Å². The maximum Gasteiger partial charge on any atom is 0.147 e. The molecule has 2 rings (SSSR count). The van der Waals surface area contributed by atoms with Crippen LogP contribution in [0.1, 0.15) is 37.1 Å². The number of aryl methyl sites for hydroxylation is 1. The lowest BCUT2D eigenvalue weighted by molar-refractivity contribution is 0.561. The van der Waals surface area contributed by atoms with Crippen molar-refractivity contribution in [2.45, 2.75) is 32.1 Å². The molecule has 0 amide bonds. The summed E-state index contributed by atoms with van der Waals surface area (Å²) in [6.45, 7) is 2.18. The fourth-order valence-corrected chi connectivity index (χ4v) is 1.85. The summed E-state index contributed by atoms with van der Waals surface area (Å²) >= 11 is 5.77. The van der Waals surface area contributed by atoms with Crippen molar-refractivity contribution in [3.8, 4) is 0 Å². The van der Waals surface area contributed by atoms with E-state index in [0.29, 0.717) is 11.1 Å². The molecular weight excluding hydrogens is 172 g/mol. The molecule has 1 atom stereocenters. The molecule has 3 heteroatoms. The highest BCUT2D eigenvalue weighted by molar-refractivity contribution is 6.29. The Morgan fingerprint density at radius 2 is 2.42 bits per heavy atom. The zero-order valence-electron chi connectivity index (χ0n) is 7.05. The number of fused-ring (bicyclic) bond motifs is 1. The molecule has 0 radical (unpaired) electrons. The molecule has 1 aliphatic rings. The van der Waals surface area contributed by atoms with Gasteiger partial charge in [0, 0.05) is 5.92 Å².